The Kier molecular flexibility index (Phi) is 6.61. The van der Waals surface area contributed by atoms with Crippen molar-refractivity contribution < 1.29 is 9.53 Å². The lowest BCUT2D eigenvalue weighted by Gasteiger charge is -2.12. The molecule has 3 rings (SSSR count). The van der Waals surface area contributed by atoms with E-state index < -0.39 is 0 Å². The van der Waals surface area contributed by atoms with Crippen LogP contribution in [0, 0.1) is 6.92 Å². The minimum Gasteiger partial charge on any atom is -0.492 e. The number of ether oxygens (including phenoxy) is 1. The van der Waals surface area contributed by atoms with Crippen LogP contribution in [0.5, 0.6) is 5.75 Å². The van der Waals surface area contributed by atoms with Gasteiger partial charge in [0.1, 0.15) is 18.9 Å². The van der Waals surface area contributed by atoms with Gasteiger partial charge in [0.25, 0.3) is 5.56 Å². The number of hydrogen-bond donors (Lipinski definition) is 1. The van der Waals surface area contributed by atoms with Gasteiger partial charge in [-0.25, -0.2) is 4.98 Å². The van der Waals surface area contributed by atoms with Crippen molar-refractivity contribution in [3.8, 4) is 5.75 Å². The van der Waals surface area contributed by atoms with Crippen molar-refractivity contribution in [3.05, 3.63) is 70.3 Å². The summed E-state index contributed by atoms with van der Waals surface area (Å²) in [6.45, 7) is 3.62. The Hall–Kier alpha value is -3.19. The molecule has 1 N–H and O–H groups in total. The van der Waals surface area contributed by atoms with Gasteiger partial charge in [-0.1, -0.05) is 24.3 Å². The Morgan fingerprint density at radius 3 is 2.79 bits per heavy atom. The van der Waals surface area contributed by atoms with Crippen LogP contribution in [0.4, 0.5) is 0 Å². The van der Waals surface area contributed by atoms with Crippen LogP contribution in [0.2, 0.25) is 0 Å². The summed E-state index contributed by atoms with van der Waals surface area (Å²) in [4.78, 5) is 31.3. The first-order valence-corrected chi connectivity index (χ1v) is 9.52. The zero-order chi connectivity index (χ0) is 20.8. The van der Waals surface area contributed by atoms with Crippen molar-refractivity contribution in [1.82, 2.24) is 19.8 Å². The predicted molar refractivity (Wildman–Crippen MR) is 113 cm³/mol. The van der Waals surface area contributed by atoms with Gasteiger partial charge < -0.3 is 15.0 Å². The first kappa shape index (κ1) is 20.5. The second-order valence-corrected chi connectivity index (χ2v) is 7.22. The van der Waals surface area contributed by atoms with E-state index in [4.69, 9.17) is 4.74 Å². The van der Waals surface area contributed by atoms with Crippen LogP contribution >= 0.6 is 0 Å². The van der Waals surface area contributed by atoms with E-state index in [1.54, 1.807) is 6.07 Å². The molecule has 0 aliphatic heterocycles. The number of hydrogen-bond acceptors (Lipinski definition) is 5. The van der Waals surface area contributed by atoms with Gasteiger partial charge >= 0.3 is 0 Å². The highest BCUT2D eigenvalue weighted by Gasteiger charge is 2.09. The lowest BCUT2D eigenvalue weighted by Crippen LogP contribution is -2.32. The summed E-state index contributed by atoms with van der Waals surface area (Å²) in [5.41, 5.74) is 2.31. The summed E-state index contributed by atoms with van der Waals surface area (Å²) < 4.78 is 7.05. The molecule has 0 atom stereocenters. The highest BCUT2D eigenvalue weighted by Crippen LogP contribution is 2.13. The normalized spacial score (nSPS) is 11.0. The quantitative estimate of drug-likeness (QED) is 0.632. The van der Waals surface area contributed by atoms with E-state index in [2.05, 4.69) is 15.2 Å². The second kappa shape index (κ2) is 9.34. The molecule has 0 fully saturated rings. The maximum atomic E-state index is 12.6. The monoisotopic (exact) mass is 394 g/mol. The number of aryl methyl sites for hydroxylation is 1. The van der Waals surface area contributed by atoms with Gasteiger partial charge in [0.05, 0.1) is 17.2 Å². The Morgan fingerprint density at radius 2 is 2.00 bits per heavy atom. The molecule has 1 heterocycles. The minimum absolute atomic E-state index is 0.0747. The van der Waals surface area contributed by atoms with Gasteiger partial charge in [0.15, 0.2) is 0 Å². The lowest BCUT2D eigenvalue weighted by atomic mass is 10.1. The second-order valence-electron chi connectivity index (χ2n) is 7.22. The van der Waals surface area contributed by atoms with Crippen LogP contribution in [0.3, 0.4) is 0 Å². The number of para-hydroxylation sites is 1. The highest BCUT2D eigenvalue weighted by molar-refractivity contribution is 5.81. The molecular weight excluding hydrogens is 368 g/mol. The molecule has 2 aromatic carbocycles. The summed E-state index contributed by atoms with van der Waals surface area (Å²) in [7, 11) is 3.99. The van der Waals surface area contributed by atoms with Gasteiger partial charge in [-0.3, -0.25) is 14.2 Å². The number of rotatable bonds is 8. The average molecular weight is 394 g/mol. The molecule has 7 nitrogen and oxygen atoms in total. The zero-order valence-electron chi connectivity index (χ0n) is 17.0. The van der Waals surface area contributed by atoms with Gasteiger partial charge in [0, 0.05) is 13.1 Å². The van der Waals surface area contributed by atoms with Gasteiger partial charge in [-0.05, 0) is 50.3 Å². The fourth-order valence-electron chi connectivity index (χ4n) is 2.95. The summed E-state index contributed by atoms with van der Waals surface area (Å²) in [5.74, 6) is 0.517. The molecule has 0 bridgehead atoms. The van der Waals surface area contributed by atoms with E-state index >= 15 is 0 Å². The van der Waals surface area contributed by atoms with E-state index in [0.717, 1.165) is 23.4 Å². The van der Waals surface area contributed by atoms with E-state index in [-0.39, 0.29) is 18.0 Å². The molecule has 3 aromatic rings. The third kappa shape index (κ3) is 5.42. The molecular formula is C22H26N4O3. The molecule has 0 spiro atoms. The van der Waals surface area contributed by atoms with Gasteiger partial charge in [-0.15, -0.1) is 0 Å². The van der Waals surface area contributed by atoms with Crippen molar-refractivity contribution in [2.75, 3.05) is 27.2 Å². The van der Waals surface area contributed by atoms with Crippen molar-refractivity contribution in [1.29, 1.82) is 0 Å². The SMILES string of the molecule is Cc1cccc2c(=O)n(CC(=O)NCc3cccc(OCCN(C)C)c3)cnc12. The number of fused-ring (bicyclic) bond motifs is 1. The summed E-state index contributed by atoms with van der Waals surface area (Å²) in [6, 6.07) is 13.1. The summed E-state index contributed by atoms with van der Waals surface area (Å²) in [5, 5.41) is 3.36. The van der Waals surface area contributed by atoms with Crippen LogP contribution in [0.25, 0.3) is 10.9 Å². The van der Waals surface area contributed by atoms with Crippen LogP contribution in [-0.2, 0) is 17.9 Å². The van der Waals surface area contributed by atoms with E-state index in [1.165, 1.54) is 10.9 Å². The molecule has 1 aromatic heterocycles. The number of carbonyl (C=O) groups is 1. The van der Waals surface area contributed by atoms with Crippen LogP contribution in [0.1, 0.15) is 11.1 Å². The molecule has 0 radical (unpaired) electrons. The lowest BCUT2D eigenvalue weighted by molar-refractivity contribution is -0.121. The third-order valence-electron chi connectivity index (χ3n) is 4.56. The van der Waals surface area contributed by atoms with Gasteiger partial charge in [0.2, 0.25) is 5.91 Å². The molecule has 0 aliphatic rings. The van der Waals surface area contributed by atoms with E-state index in [1.807, 2.05) is 57.4 Å². The molecule has 1 amide bonds. The number of nitrogens with zero attached hydrogens (tertiary/aromatic N) is 3. The number of benzene rings is 2. The van der Waals surface area contributed by atoms with Crippen molar-refractivity contribution in [2.24, 2.45) is 0 Å². The van der Waals surface area contributed by atoms with Crippen LogP contribution in [0.15, 0.2) is 53.6 Å². The number of amides is 1. The van der Waals surface area contributed by atoms with Crippen molar-refractivity contribution >= 4 is 16.8 Å². The third-order valence-corrected chi connectivity index (χ3v) is 4.56. The molecule has 7 heteroatoms. The number of likely N-dealkylation sites (N-methyl/N-ethyl adjacent to an activating group) is 1. The highest BCUT2D eigenvalue weighted by atomic mass is 16.5. The fourth-order valence-corrected chi connectivity index (χ4v) is 2.95. The van der Waals surface area contributed by atoms with Gasteiger partial charge in [-0.2, -0.15) is 0 Å². The molecule has 0 saturated carbocycles. The van der Waals surface area contributed by atoms with E-state index in [0.29, 0.717) is 24.1 Å². The standard InChI is InChI=1S/C22H26N4O3/c1-16-6-4-9-19-21(16)24-15-26(22(19)28)14-20(27)23-13-17-7-5-8-18(12-17)29-11-10-25(2)3/h4-9,12,15H,10-11,13-14H2,1-3H3,(H,23,27). The molecule has 0 unspecified atom stereocenters. The van der Waals surface area contributed by atoms with Crippen molar-refractivity contribution in [3.63, 3.8) is 0 Å². The molecule has 29 heavy (non-hydrogen) atoms. The Bertz CT molecular complexity index is 1060. The minimum atomic E-state index is -0.250. The number of aromatic nitrogens is 2. The topological polar surface area (TPSA) is 76.5 Å². The largest absolute Gasteiger partial charge is 0.492 e. The fraction of sp³-hybridized carbons (Fsp3) is 0.318. The molecule has 0 saturated heterocycles. The zero-order valence-corrected chi connectivity index (χ0v) is 17.0. The number of nitrogens with one attached hydrogen (secondary N) is 1. The van der Waals surface area contributed by atoms with E-state index in [9.17, 15) is 9.59 Å². The molecule has 0 aliphatic carbocycles. The Balaban J connectivity index is 1.60. The number of carbonyl (C=O) groups excluding carboxylic acids is 1. The first-order valence-electron chi connectivity index (χ1n) is 9.52. The maximum absolute atomic E-state index is 12.6. The smallest absolute Gasteiger partial charge is 0.261 e. The Morgan fingerprint density at radius 1 is 1.21 bits per heavy atom. The average Bonchev–Trinajstić information content (AvgIpc) is 2.69. The summed E-state index contributed by atoms with van der Waals surface area (Å²) in [6.07, 6.45) is 1.43. The summed E-state index contributed by atoms with van der Waals surface area (Å²) >= 11 is 0. The first-order chi connectivity index (χ1) is 13.9. The molecule has 152 valence electrons. The van der Waals surface area contributed by atoms with Crippen LogP contribution < -0.4 is 15.6 Å². The van der Waals surface area contributed by atoms with Crippen LogP contribution in [-0.4, -0.2) is 47.6 Å². The Labute approximate surface area is 169 Å². The van der Waals surface area contributed by atoms with Crippen molar-refractivity contribution in [2.45, 2.75) is 20.0 Å². The maximum Gasteiger partial charge on any atom is 0.261 e. The predicted octanol–water partition coefficient (Wildman–Crippen LogP) is 1.96.